The maximum atomic E-state index is 12.0. The summed E-state index contributed by atoms with van der Waals surface area (Å²) in [6.07, 6.45) is 2.37. The van der Waals surface area contributed by atoms with E-state index in [1.165, 1.54) is 11.3 Å². The van der Waals surface area contributed by atoms with Gasteiger partial charge in [0.15, 0.2) is 5.13 Å². The molecule has 3 rings (SSSR count). The van der Waals surface area contributed by atoms with Crippen molar-refractivity contribution in [3.63, 3.8) is 0 Å². The standard InChI is InChI=1S/C14H14N2O2S/c1-3-9-6-13(17)16(8-9)14-15-11-5-4-10(18-2)7-12(11)19-14/h3-5,7,9H,1,6,8H2,2H3. The van der Waals surface area contributed by atoms with Gasteiger partial charge in [0.05, 0.1) is 17.3 Å². The molecule has 0 radical (unpaired) electrons. The van der Waals surface area contributed by atoms with E-state index in [9.17, 15) is 4.79 Å². The first-order valence-electron chi connectivity index (χ1n) is 6.09. The molecule has 1 aliphatic rings. The Bertz CT molecular complexity index is 650. The normalized spacial score (nSPS) is 19.1. The molecule has 1 aromatic heterocycles. The Hall–Kier alpha value is -1.88. The van der Waals surface area contributed by atoms with Crippen LogP contribution in [-0.4, -0.2) is 24.5 Å². The van der Waals surface area contributed by atoms with E-state index in [0.29, 0.717) is 13.0 Å². The fourth-order valence-corrected chi connectivity index (χ4v) is 3.23. The number of thiazole rings is 1. The van der Waals surface area contributed by atoms with Crippen LogP contribution in [0.4, 0.5) is 5.13 Å². The molecule has 4 nitrogen and oxygen atoms in total. The molecule has 1 amide bonds. The number of hydrogen-bond acceptors (Lipinski definition) is 4. The van der Waals surface area contributed by atoms with Crippen molar-refractivity contribution in [2.24, 2.45) is 5.92 Å². The second kappa shape index (κ2) is 4.66. The fourth-order valence-electron chi connectivity index (χ4n) is 2.21. The highest BCUT2D eigenvalue weighted by Gasteiger charge is 2.30. The van der Waals surface area contributed by atoms with E-state index in [4.69, 9.17) is 4.74 Å². The third kappa shape index (κ3) is 2.10. The Kier molecular flexibility index (Phi) is 2.98. The molecule has 5 heteroatoms. The van der Waals surface area contributed by atoms with Gasteiger partial charge in [-0.2, -0.15) is 0 Å². The van der Waals surface area contributed by atoms with Gasteiger partial charge in [-0.05, 0) is 18.2 Å². The molecular weight excluding hydrogens is 260 g/mol. The van der Waals surface area contributed by atoms with Crippen molar-refractivity contribution < 1.29 is 9.53 Å². The van der Waals surface area contributed by atoms with Crippen LogP contribution in [0.3, 0.4) is 0 Å². The Labute approximate surface area is 115 Å². The minimum absolute atomic E-state index is 0.121. The SMILES string of the molecule is C=CC1CC(=O)N(c2nc3ccc(OC)cc3s2)C1. The average molecular weight is 274 g/mol. The van der Waals surface area contributed by atoms with E-state index >= 15 is 0 Å². The van der Waals surface area contributed by atoms with Gasteiger partial charge in [-0.15, -0.1) is 6.58 Å². The van der Waals surface area contributed by atoms with E-state index in [1.807, 2.05) is 24.3 Å². The van der Waals surface area contributed by atoms with Crippen molar-refractivity contribution in [2.45, 2.75) is 6.42 Å². The number of rotatable bonds is 3. The maximum absolute atomic E-state index is 12.0. The largest absolute Gasteiger partial charge is 0.497 e. The number of anilines is 1. The van der Waals surface area contributed by atoms with Crippen molar-refractivity contribution in [1.82, 2.24) is 4.98 Å². The number of aromatic nitrogens is 1. The minimum atomic E-state index is 0.121. The van der Waals surface area contributed by atoms with Crippen LogP contribution in [0.25, 0.3) is 10.2 Å². The van der Waals surface area contributed by atoms with Crippen LogP contribution in [0.15, 0.2) is 30.9 Å². The van der Waals surface area contributed by atoms with E-state index in [1.54, 1.807) is 12.0 Å². The molecule has 1 saturated heterocycles. The molecule has 0 aliphatic carbocycles. The van der Waals surface area contributed by atoms with Crippen LogP contribution in [0.2, 0.25) is 0 Å². The molecule has 1 aliphatic heterocycles. The zero-order valence-corrected chi connectivity index (χ0v) is 11.4. The van der Waals surface area contributed by atoms with Gasteiger partial charge in [0.25, 0.3) is 0 Å². The maximum Gasteiger partial charge on any atom is 0.229 e. The van der Waals surface area contributed by atoms with Crippen LogP contribution in [0.1, 0.15) is 6.42 Å². The van der Waals surface area contributed by atoms with Gasteiger partial charge in [-0.25, -0.2) is 4.98 Å². The third-order valence-corrected chi connectivity index (χ3v) is 4.34. The third-order valence-electron chi connectivity index (χ3n) is 3.30. The van der Waals surface area contributed by atoms with Gasteiger partial charge in [0, 0.05) is 18.9 Å². The predicted molar refractivity (Wildman–Crippen MR) is 76.8 cm³/mol. The van der Waals surface area contributed by atoms with E-state index in [2.05, 4.69) is 11.6 Å². The van der Waals surface area contributed by atoms with Gasteiger partial charge in [-0.1, -0.05) is 17.4 Å². The number of methoxy groups -OCH3 is 1. The Balaban J connectivity index is 1.97. The summed E-state index contributed by atoms with van der Waals surface area (Å²) in [6.45, 7) is 4.44. The summed E-state index contributed by atoms with van der Waals surface area (Å²) < 4.78 is 6.23. The number of amides is 1. The summed E-state index contributed by atoms with van der Waals surface area (Å²) in [7, 11) is 1.64. The minimum Gasteiger partial charge on any atom is -0.497 e. The average Bonchev–Trinajstić information content (AvgIpc) is 3.00. The summed E-state index contributed by atoms with van der Waals surface area (Å²) in [5.74, 6) is 1.16. The van der Waals surface area contributed by atoms with E-state index in [0.717, 1.165) is 21.1 Å². The van der Waals surface area contributed by atoms with Crippen molar-refractivity contribution in [1.29, 1.82) is 0 Å². The number of carbonyl (C=O) groups excluding carboxylic acids is 1. The first-order chi connectivity index (χ1) is 9.21. The zero-order valence-electron chi connectivity index (χ0n) is 10.6. The van der Waals surface area contributed by atoms with Gasteiger partial charge < -0.3 is 4.74 Å². The summed E-state index contributed by atoms with van der Waals surface area (Å²) in [4.78, 5) is 18.2. The first-order valence-corrected chi connectivity index (χ1v) is 6.90. The van der Waals surface area contributed by atoms with Gasteiger partial charge in [0.2, 0.25) is 5.91 Å². The molecule has 1 unspecified atom stereocenters. The lowest BCUT2D eigenvalue weighted by molar-refractivity contribution is -0.117. The van der Waals surface area contributed by atoms with Crippen molar-refractivity contribution >= 4 is 32.6 Å². The Morgan fingerprint density at radius 2 is 2.42 bits per heavy atom. The van der Waals surface area contributed by atoms with E-state index in [-0.39, 0.29) is 11.8 Å². The molecule has 0 saturated carbocycles. The first kappa shape index (κ1) is 12.2. The Morgan fingerprint density at radius 3 is 3.11 bits per heavy atom. The topological polar surface area (TPSA) is 42.4 Å². The van der Waals surface area contributed by atoms with Gasteiger partial charge >= 0.3 is 0 Å². The van der Waals surface area contributed by atoms with Crippen molar-refractivity contribution in [2.75, 3.05) is 18.6 Å². The van der Waals surface area contributed by atoms with Crippen LogP contribution >= 0.6 is 11.3 Å². The van der Waals surface area contributed by atoms with Crippen LogP contribution in [0.5, 0.6) is 5.75 Å². The second-order valence-corrected chi connectivity index (χ2v) is 5.54. The number of benzene rings is 1. The number of nitrogens with zero attached hydrogens (tertiary/aromatic N) is 2. The summed E-state index contributed by atoms with van der Waals surface area (Å²) in [5.41, 5.74) is 0.899. The Morgan fingerprint density at radius 1 is 1.58 bits per heavy atom. The lowest BCUT2D eigenvalue weighted by atomic mass is 10.1. The molecule has 1 fully saturated rings. The van der Waals surface area contributed by atoms with Crippen LogP contribution in [-0.2, 0) is 4.79 Å². The highest BCUT2D eigenvalue weighted by atomic mass is 32.1. The lowest BCUT2D eigenvalue weighted by Gasteiger charge is -2.11. The molecule has 2 aromatic rings. The van der Waals surface area contributed by atoms with E-state index < -0.39 is 0 Å². The zero-order chi connectivity index (χ0) is 13.4. The highest BCUT2D eigenvalue weighted by Crippen LogP contribution is 2.34. The molecule has 0 spiro atoms. The van der Waals surface area contributed by atoms with Crippen LogP contribution in [0, 0.1) is 5.92 Å². The summed E-state index contributed by atoms with van der Waals surface area (Å²) >= 11 is 1.52. The molecule has 1 atom stereocenters. The summed E-state index contributed by atoms with van der Waals surface area (Å²) in [5, 5.41) is 0.762. The van der Waals surface area contributed by atoms with Crippen LogP contribution < -0.4 is 9.64 Å². The fraction of sp³-hybridized carbons (Fsp3) is 0.286. The lowest BCUT2D eigenvalue weighted by Crippen LogP contribution is -2.23. The number of fused-ring (bicyclic) bond motifs is 1. The predicted octanol–water partition coefficient (Wildman–Crippen LogP) is 2.84. The second-order valence-electron chi connectivity index (χ2n) is 4.53. The van der Waals surface area contributed by atoms with Crippen molar-refractivity contribution in [3.05, 3.63) is 30.9 Å². The molecule has 2 heterocycles. The van der Waals surface area contributed by atoms with Crippen molar-refractivity contribution in [3.8, 4) is 5.75 Å². The number of ether oxygens (including phenoxy) is 1. The number of carbonyl (C=O) groups is 1. The molecule has 1 aromatic carbocycles. The molecular formula is C14H14N2O2S. The molecule has 0 bridgehead atoms. The smallest absolute Gasteiger partial charge is 0.229 e. The van der Waals surface area contributed by atoms with Gasteiger partial charge in [0.1, 0.15) is 5.75 Å². The molecule has 98 valence electrons. The summed E-state index contributed by atoms with van der Waals surface area (Å²) in [6, 6.07) is 5.74. The molecule has 19 heavy (non-hydrogen) atoms. The monoisotopic (exact) mass is 274 g/mol. The number of hydrogen-bond donors (Lipinski definition) is 0. The van der Waals surface area contributed by atoms with Gasteiger partial charge in [-0.3, -0.25) is 9.69 Å². The molecule has 0 N–H and O–H groups in total. The quantitative estimate of drug-likeness (QED) is 0.808. The highest BCUT2D eigenvalue weighted by molar-refractivity contribution is 7.22.